The van der Waals surface area contributed by atoms with Crippen molar-refractivity contribution < 1.29 is 13.9 Å². The second-order valence-electron chi connectivity index (χ2n) is 5.22. The van der Waals surface area contributed by atoms with Crippen LogP contribution in [0.15, 0.2) is 48.5 Å². The van der Waals surface area contributed by atoms with Gasteiger partial charge in [0, 0.05) is 11.6 Å². The molecule has 0 saturated heterocycles. The molecule has 3 rings (SSSR count). The van der Waals surface area contributed by atoms with Crippen LogP contribution in [0.4, 0.5) is 10.1 Å². The van der Waals surface area contributed by atoms with Crippen LogP contribution < -0.4 is 10.1 Å². The number of benzene rings is 2. The van der Waals surface area contributed by atoms with Gasteiger partial charge in [0.25, 0.3) is 0 Å². The van der Waals surface area contributed by atoms with E-state index >= 15 is 0 Å². The summed E-state index contributed by atoms with van der Waals surface area (Å²) in [5, 5.41) is 2.76. The highest BCUT2D eigenvalue weighted by Crippen LogP contribution is 2.48. The van der Waals surface area contributed by atoms with Crippen molar-refractivity contribution in [1.82, 2.24) is 0 Å². The van der Waals surface area contributed by atoms with Gasteiger partial charge in [-0.15, -0.1) is 0 Å². The summed E-state index contributed by atoms with van der Waals surface area (Å²) in [6, 6.07) is 13.7. The molecule has 21 heavy (non-hydrogen) atoms. The number of hydrogen-bond donors (Lipinski definition) is 1. The lowest BCUT2D eigenvalue weighted by atomic mass is 10.1. The zero-order chi connectivity index (χ0) is 14.8. The average Bonchev–Trinajstić information content (AvgIpc) is 3.28. The molecule has 108 valence electrons. The van der Waals surface area contributed by atoms with Gasteiger partial charge in [0.15, 0.2) is 0 Å². The van der Waals surface area contributed by atoms with Crippen molar-refractivity contribution in [2.24, 2.45) is 5.92 Å². The maximum atomic E-state index is 13.1. The van der Waals surface area contributed by atoms with E-state index in [1.165, 1.54) is 12.1 Å². The quantitative estimate of drug-likeness (QED) is 0.932. The minimum Gasteiger partial charge on any atom is -0.497 e. The van der Waals surface area contributed by atoms with Gasteiger partial charge in [0.1, 0.15) is 11.6 Å². The molecule has 1 aliphatic rings. The number of carbonyl (C=O) groups excluding carboxylic acids is 1. The molecule has 0 heterocycles. The molecular weight excluding hydrogens is 269 g/mol. The Morgan fingerprint density at radius 3 is 2.67 bits per heavy atom. The fraction of sp³-hybridized carbons (Fsp3) is 0.235. The summed E-state index contributed by atoms with van der Waals surface area (Å²) in [6.07, 6.45) is 0.827. The highest BCUT2D eigenvalue weighted by atomic mass is 19.1. The van der Waals surface area contributed by atoms with Crippen molar-refractivity contribution in [3.8, 4) is 5.75 Å². The number of carbonyl (C=O) groups is 1. The first-order chi connectivity index (χ1) is 10.2. The van der Waals surface area contributed by atoms with Crippen molar-refractivity contribution in [2.45, 2.75) is 12.3 Å². The number of nitrogens with one attached hydrogen (secondary N) is 1. The minimum absolute atomic E-state index is 0.0401. The molecule has 2 aromatic rings. The number of halogens is 1. The minimum atomic E-state index is -0.352. The molecule has 1 fully saturated rings. The number of methoxy groups -OCH3 is 1. The highest BCUT2D eigenvalue weighted by Gasteiger charge is 2.43. The molecule has 1 N–H and O–H groups in total. The zero-order valence-electron chi connectivity index (χ0n) is 11.7. The van der Waals surface area contributed by atoms with Crippen LogP contribution in [-0.2, 0) is 4.79 Å². The van der Waals surface area contributed by atoms with Gasteiger partial charge in [-0.25, -0.2) is 4.39 Å². The summed E-state index contributed by atoms with van der Waals surface area (Å²) in [5.41, 5.74) is 1.63. The summed E-state index contributed by atoms with van der Waals surface area (Å²) < 4.78 is 18.2. The molecule has 1 saturated carbocycles. The van der Waals surface area contributed by atoms with Crippen molar-refractivity contribution in [1.29, 1.82) is 0 Å². The fourth-order valence-corrected chi connectivity index (χ4v) is 2.51. The Balaban J connectivity index is 1.62. The number of rotatable bonds is 4. The molecule has 0 spiro atoms. The fourth-order valence-electron chi connectivity index (χ4n) is 2.51. The second-order valence-corrected chi connectivity index (χ2v) is 5.22. The molecule has 2 atom stereocenters. The van der Waals surface area contributed by atoms with Gasteiger partial charge in [-0.1, -0.05) is 18.2 Å². The van der Waals surface area contributed by atoms with Crippen molar-refractivity contribution in [3.05, 3.63) is 59.9 Å². The number of hydrogen-bond acceptors (Lipinski definition) is 2. The van der Waals surface area contributed by atoms with Gasteiger partial charge in [0.05, 0.1) is 7.11 Å². The van der Waals surface area contributed by atoms with E-state index in [0.29, 0.717) is 5.69 Å². The third-order valence-electron chi connectivity index (χ3n) is 3.76. The van der Waals surface area contributed by atoms with E-state index in [-0.39, 0.29) is 23.6 Å². The summed E-state index contributed by atoms with van der Waals surface area (Å²) in [5.74, 6) is 0.600. The SMILES string of the molecule is COc1ccc(C2CC2C(=O)Nc2cccc(F)c2)cc1. The molecule has 0 bridgehead atoms. The molecule has 2 unspecified atom stereocenters. The molecule has 4 heteroatoms. The molecular formula is C17H16FNO2. The molecule has 1 amide bonds. The van der Waals surface area contributed by atoms with Gasteiger partial charge >= 0.3 is 0 Å². The van der Waals surface area contributed by atoms with E-state index in [1.54, 1.807) is 19.2 Å². The average molecular weight is 285 g/mol. The molecule has 1 aliphatic carbocycles. The van der Waals surface area contributed by atoms with E-state index in [0.717, 1.165) is 17.7 Å². The van der Waals surface area contributed by atoms with Gasteiger partial charge < -0.3 is 10.1 Å². The van der Waals surface area contributed by atoms with Crippen LogP contribution in [0.1, 0.15) is 17.9 Å². The monoisotopic (exact) mass is 285 g/mol. The molecule has 0 aliphatic heterocycles. The van der Waals surface area contributed by atoms with E-state index in [4.69, 9.17) is 4.74 Å². The summed E-state index contributed by atoms with van der Waals surface area (Å²) in [6.45, 7) is 0. The molecule has 2 aromatic carbocycles. The zero-order valence-corrected chi connectivity index (χ0v) is 11.7. The Morgan fingerprint density at radius 1 is 1.24 bits per heavy atom. The predicted molar refractivity (Wildman–Crippen MR) is 78.9 cm³/mol. The topological polar surface area (TPSA) is 38.3 Å². The Morgan fingerprint density at radius 2 is 2.00 bits per heavy atom. The Kier molecular flexibility index (Phi) is 3.60. The lowest BCUT2D eigenvalue weighted by Crippen LogP contribution is -2.14. The largest absolute Gasteiger partial charge is 0.497 e. The van der Waals surface area contributed by atoms with Gasteiger partial charge in [-0.3, -0.25) is 4.79 Å². The standard InChI is InChI=1S/C17H16FNO2/c1-21-14-7-5-11(6-8-14)15-10-16(15)17(20)19-13-4-2-3-12(18)9-13/h2-9,15-16H,10H2,1H3,(H,19,20). The predicted octanol–water partition coefficient (Wildman–Crippen LogP) is 3.58. The first-order valence-corrected chi connectivity index (χ1v) is 6.88. The second kappa shape index (κ2) is 5.56. The smallest absolute Gasteiger partial charge is 0.228 e. The number of amides is 1. The summed E-state index contributed by atoms with van der Waals surface area (Å²) >= 11 is 0. The lowest BCUT2D eigenvalue weighted by molar-refractivity contribution is -0.117. The highest BCUT2D eigenvalue weighted by molar-refractivity contribution is 5.95. The first-order valence-electron chi connectivity index (χ1n) is 6.88. The van der Waals surface area contributed by atoms with Crippen LogP contribution in [0.5, 0.6) is 5.75 Å². The van der Waals surface area contributed by atoms with Gasteiger partial charge in [0.2, 0.25) is 5.91 Å². The van der Waals surface area contributed by atoms with Gasteiger partial charge in [-0.2, -0.15) is 0 Å². The number of anilines is 1. The van der Waals surface area contributed by atoms with Crippen LogP contribution >= 0.6 is 0 Å². The van der Waals surface area contributed by atoms with Crippen LogP contribution in [0, 0.1) is 11.7 Å². The summed E-state index contributed by atoms with van der Waals surface area (Å²) in [7, 11) is 1.63. The number of ether oxygens (including phenoxy) is 1. The van der Waals surface area contributed by atoms with Crippen LogP contribution in [-0.4, -0.2) is 13.0 Å². The summed E-state index contributed by atoms with van der Waals surface area (Å²) in [4.78, 5) is 12.1. The Hall–Kier alpha value is -2.36. The molecule has 0 radical (unpaired) electrons. The Bertz CT molecular complexity index is 654. The molecule has 3 nitrogen and oxygen atoms in total. The third-order valence-corrected chi connectivity index (χ3v) is 3.76. The van der Waals surface area contributed by atoms with E-state index < -0.39 is 0 Å². The Labute approximate surface area is 122 Å². The van der Waals surface area contributed by atoms with E-state index in [2.05, 4.69) is 5.32 Å². The van der Waals surface area contributed by atoms with Crippen molar-refractivity contribution >= 4 is 11.6 Å². The lowest BCUT2D eigenvalue weighted by Gasteiger charge is -2.05. The maximum absolute atomic E-state index is 13.1. The first kappa shape index (κ1) is 13.6. The van der Waals surface area contributed by atoms with Crippen LogP contribution in [0.25, 0.3) is 0 Å². The molecule has 0 aromatic heterocycles. The van der Waals surface area contributed by atoms with E-state index in [1.807, 2.05) is 24.3 Å². The van der Waals surface area contributed by atoms with Crippen LogP contribution in [0.3, 0.4) is 0 Å². The van der Waals surface area contributed by atoms with Crippen molar-refractivity contribution in [3.63, 3.8) is 0 Å². The van der Waals surface area contributed by atoms with Crippen LogP contribution in [0.2, 0.25) is 0 Å². The normalized spacial score (nSPS) is 19.9. The van der Waals surface area contributed by atoms with Gasteiger partial charge in [-0.05, 0) is 48.2 Å². The third kappa shape index (κ3) is 3.05. The van der Waals surface area contributed by atoms with Crippen molar-refractivity contribution in [2.75, 3.05) is 12.4 Å². The maximum Gasteiger partial charge on any atom is 0.228 e. The van der Waals surface area contributed by atoms with E-state index in [9.17, 15) is 9.18 Å².